The molecule has 9 rings (SSSR count). The Balaban J connectivity index is 1.05. The average molecular weight is 824 g/mol. The molecule has 1 nitrogen and oxygen atoms in total. The number of nitrogens with zero attached hydrogens (tertiary/aromatic N) is 1. The Morgan fingerprint density at radius 3 is 2.05 bits per heavy atom. The van der Waals surface area contributed by atoms with Crippen LogP contribution in [-0.4, -0.2) is 4.90 Å². The summed E-state index contributed by atoms with van der Waals surface area (Å²) in [6.07, 6.45) is 45.8. The van der Waals surface area contributed by atoms with E-state index in [2.05, 4.69) is 267 Å². The van der Waals surface area contributed by atoms with E-state index in [0.29, 0.717) is 5.92 Å². The predicted molar refractivity (Wildman–Crippen MR) is 272 cm³/mol. The molecule has 310 valence electrons. The number of hydrogen-bond donors (Lipinski definition) is 0. The largest absolute Gasteiger partial charge is 0.318 e. The van der Waals surface area contributed by atoms with Gasteiger partial charge in [-0.05, 0) is 92.3 Å². The summed E-state index contributed by atoms with van der Waals surface area (Å²) in [6.45, 7) is 8.93. The van der Waals surface area contributed by atoms with Gasteiger partial charge in [0.2, 0.25) is 0 Å². The molecule has 5 aromatic rings. The average Bonchev–Trinajstić information content (AvgIpc) is 3.71. The summed E-state index contributed by atoms with van der Waals surface area (Å²) in [5.41, 5.74) is 14.9. The smallest absolute Gasteiger partial charge is 0.0647 e. The maximum Gasteiger partial charge on any atom is 0.0647 e. The van der Waals surface area contributed by atoms with Crippen LogP contribution in [0.25, 0.3) is 16.7 Å². The van der Waals surface area contributed by atoms with Gasteiger partial charge in [0.1, 0.15) is 0 Å². The number of hydrogen-bond acceptors (Lipinski definition) is 1. The lowest BCUT2D eigenvalue weighted by molar-refractivity contribution is 0.602. The molecule has 0 bridgehead atoms. The maximum absolute atomic E-state index is 4.70. The molecule has 0 fully saturated rings. The highest BCUT2D eigenvalue weighted by Gasteiger charge is 2.40. The van der Waals surface area contributed by atoms with E-state index >= 15 is 0 Å². The summed E-state index contributed by atoms with van der Waals surface area (Å²) in [4.78, 5) is 2.20. The fraction of sp³-hybridized carbons (Fsp3) is 0.0794. The molecule has 0 spiro atoms. The van der Waals surface area contributed by atoms with Crippen LogP contribution in [0.3, 0.4) is 0 Å². The predicted octanol–water partition coefficient (Wildman–Crippen LogP) is 15.8. The van der Waals surface area contributed by atoms with Crippen LogP contribution in [0.5, 0.6) is 0 Å². The Labute approximate surface area is 380 Å². The summed E-state index contributed by atoms with van der Waals surface area (Å²) in [7, 11) is 0. The van der Waals surface area contributed by atoms with Gasteiger partial charge in [-0.25, -0.2) is 0 Å². The molecule has 0 aliphatic heterocycles. The van der Waals surface area contributed by atoms with Crippen LogP contribution < -0.4 is 0 Å². The maximum atomic E-state index is 4.70. The highest BCUT2D eigenvalue weighted by Crippen LogP contribution is 2.50. The third kappa shape index (κ3) is 8.93. The van der Waals surface area contributed by atoms with Crippen LogP contribution in [0.4, 0.5) is 0 Å². The first-order valence-corrected chi connectivity index (χ1v) is 22.4. The second-order valence-corrected chi connectivity index (χ2v) is 16.5. The second-order valence-electron chi connectivity index (χ2n) is 16.5. The lowest BCUT2D eigenvalue weighted by atomic mass is 9.71. The molecule has 2 atom stereocenters. The van der Waals surface area contributed by atoms with Gasteiger partial charge in [0, 0.05) is 29.4 Å². The van der Waals surface area contributed by atoms with E-state index in [9.17, 15) is 0 Å². The zero-order chi connectivity index (χ0) is 43.6. The number of allylic oxidation sites excluding steroid dienone is 23. The first-order valence-electron chi connectivity index (χ1n) is 22.4. The van der Waals surface area contributed by atoms with Gasteiger partial charge in [-0.2, -0.15) is 0 Å². The van der Waals surface area contributed by atoms with Crippen molar-refractivity contribution in [2.45, 2.75) is 24.2 Å². The van der Waals surface area contributed by atoms with Crippen molar-refractivity contribution < 1.29 is 0 Å². The van der Waals surface area contributed by atoms with Gasteiger partial charge < -0.3 is 4.90 Å². The lowest BCUT2D eigenvalue weighted by Crippen LogP contribution is -2.25. The van der Waals surface area contributed by atoms with E-state index in [1.165, 1.54) is 44.5 Å². The minimum absolute atomic E-state index is 0.281. The van der Waals surface area contributed by atoms with Gasteiger partial charge in [0.05, 0.1) is 5.41 Å². The van der Waals surface area contributed by atoms with Crippen molar-refractivity contribution >= 4 is 5.57 Å². The summed E-state index contributed by atoms with van der Waals surface area (Å²) >= 11 is 0. The Kier molecular flexibility index (Phi) is 12.7. The normalized spacial score (nSPS) is 21.4. The van der Waals surface area contributed by atoms with E-state index in [0.717, 1.165) is 41.0 Å². The topological polar surface area (TPSA) is 3.24 Å². The van der Waals surface area contributed by atoms with Crippen LogP contribution in [0.15, 0.2) is 302 Å². The number of fused-ring (bicyclic) bond motifs is 2. The molecule has 0 saturated carbocycles. The van der Waals surface area contributed by atoms with Crippen molar-refractivity contribution in [1.29, 1.82) is 0 Å². The van der Waals surface area contributed by atoms with Crippen molar-refractivity contribution in [3.8, 4) is 11.1 Å². The fourth-order valence-electron chi connectivity index (χ4n) is 9.26. The summed E-state index contributed by atoms with van der Waals surface area (Å²) in [5.74, 6) is 0.656. The van der Waals surface area contributed by atoms with Crippen LogP contribution >= 0.6 is 0 Å². The monoisotopic (exact) mass is 823 g/mol. The van der Waals surface area contributed by atoms with Crippen molar-refractivity contribution in [3.63, 3.8) is 0 Å². The van der Waals surface area contributed by atoms with Crippen LogP contribution in [-0.2, 0) is 5.41 Å². The molecule has 0 heterocycles. The summed E-state index contributed by atoms with van der Waals surface area (Å²) in [6, 6.07) is 50.1. The van der Waals surface area contributed by atoms with Gasteiger partial charge in [-0.15, -0.1) is 0 Å². The molecule has 0 saturated heterocycles. The molecular weight excluding hydrogens is 771 g/mol. The number of benzene rings is 5. The molecule has 5 aromatic carbocycles. The van der Waals surface area contributed by atoms with Crippen molar-refractivity contribution in [1.82, 2.24) is 4.90 Å². The zero-order valence-corrected chi connectivity index (χ0v) is 36.3. The third-order valence-electron chi connectivity index (χ3n) is 12.7. The van der Waals surface area contributed by atoms with Crippen molar-refractivity contribution in [2.75, 3.05) is 0 Å². The molecule has 0 amide bonds. The van der Waals surface area contributed by atoms with Gasteiger partial charge >= 0.3 is 0 Å². The van der Waals surface area contributed by atoms with Gasteiger partial charge in [-0.1, -0.05) is 250 Å². The molecule has 0 aromatic heterocycles. The molecule has 0 radical (unpaired) electrons. The SMILES string of the molecule is C=CC(=C\C=C\N(C(=C)/C=C\C1=CC(c2ccccc2)(c2ccccc2)c2ccccc21)C1=CCC(c2ccc(-c3ccccc3)cc2)C=C1)/C1=C/C=C2\C=CC=CC2C/C=C/C=C\1. The highest BCUT2D eigenvalue weighted by atomic mass is 15.1. The Hall–Kier alpha value is -7.74. The van der Waals surface area contributed by atoms with Crippen molar-refractivity contribution in [3.05, 3.63) is 330 Å². The molecule has 64 heavy (non-hydrogen) atoms. The Morgan fingerprint density at radius 1 is 0.641 bits per heavy atom. The van der Waals surface area contributed by atoms with Gasteiger partial charge in [-0.3, -0.25) is 0 Å². The molecule has 2 unspecified atom stereocenters. The summed E-state index contributed by atoms with van der Waals surface area (Å²) < 4.78 is 0. The van der Waals surface area contributed by atoms with E-state index in [1.54, 1.807) is 0 Å². The minimum atomic E-state index is -0.427. The van der Waals surface area contributed by atoms with Gasteiger partial charge in [0.15, 0.2) is 0 Å². The second kappa shape index (κ2) is 19.5. The Morgan fingerprint density at radius 2 is 1.33 bits per heavy atom. The molecule has 1 heteroatoms. The van der Waals surface area contributed by atoms with E-state index in [-0.39, 0.29) is 5.92 Å². The quantitative estimate of drug-likeness (QED) is 0.113. The third-order valence-corrected chi connectivity index (χ3v) is 12.7. The van der Waals surface area contributed by atoms with Crippen LogP contribution in [0, 0.1) is 5.92 Å². The molecular formula is C63H53N. The summed E-state index contributed by atoms with van der Waals surface area (Å²) in [5, 5.41) is 0. The highest BCUT2D eigenvalue weighted by molar-refractivity contribution is 5.87. The molecule has 4 aliphatic rings. The van der Waals surface area contributed by atoms with Gasteiger partial charge in [0.25, 0.3) is 0 Å². The fourth-order valence-corrected chi connectivity index (χ4v) is 9.26. The Bertz CT molecular complexity index is 2840. The first-order chi connectivity index (χ1) is 31.6. The minimum Gasteiger partial charge on any atom is -0.318 e. The zero-order valence-electron chi connectivity index (χ0n) is 36.3. The lowest BCUT2D eigenvalue weighted by Gasteiger charge is -2.30. The van der Waals surface area contributed by atoms with Crippen molar-refractivity contribution in [2.24, 2.45) is 5.92 Å². The number of rotatable bonds is 12. The standard InChI is InChI=1S/C63H53N/c1-3-49(52-24-11-5-8-21-50-25-16-17-26-53(50)37-36-52)27-20-46-64(60-44-42-56(43-45-60)55-40-38-54(39-41-55)51-22-9-4-10-23-51)48(2)34-35-57-47-63(58-28-12-6-13-29-58,59-30-14-7-15-31-59)62-33-19-18-32-61(57)62/h3-20,22-42,44-47,50,56H,1-2,21,43H2/b8-5+,24-11-,35-34-,46-20+,49-27+,52-36+,53-37+. The first kappa shape index (κ1) is 41.6. The molecule has 0 N–H and O–H groups in total. The van der Waals surface area contributed by atoms with E-state index in [4.69, 9.17) is 6.58 Å². The van der Waals surface area contributed by atoms with Crippen LogP contribution in [0.1, 0.15) is 46.6 Å². The molecule has 4 aliphatic carbocycles. The van der Waals surface area contributed by atoms with E-state index < -0.39 is 5.41 Å². The van der Waals surface area contributed by atoms with Crippen LogP contribution in [0.2, 0.25) is 0 Å². The van der Waals surface area contributed by atoms with E-state index in [1.807, 2.05) is 6.08 Å².